The van der Waals surface area contributed by atoms with Gasteiger partial charge in [-0.1, -0.05) is 24.3 Å². The van der Waals surface area contributed by atoms with E-state index in [-0.39, 0.29) is 5.91 Å². The summed E-state index contributed by atoms with van der Waals surface area (Å²) in [6.45, 7) is 1.97. The van der Waals surface area contributed by atoms with E-state index in [0.29, 0.717) is 5.69 Å². The van der Waals surface area contributed by atoms with Crippen LogP contribution in [-0.2, 0) is 0 Å². The molecule has 0 unspecified atom stereocenters. The molecule has 0 radical (unpaired) electrons. The number of hydrogen-bond acceptors (Lipinski definition) is 3. The van der Waals surface area contributed by atoms with Gasteiger partial charge in [-0.05, 0) is 30.7 Å². The van der Waals surface area contributed by atoms with Gasteiger partial charge in [0.2, 0.25) is 0 Å². The lowest BCUT2D eigenvalue weighted by Gasteiger charge is -2.10. The van der Waals surface area contributed by atoms with Crippen molar-refractivity contribution >= 4 is 11.6 Å². The van der Waals surface area contributed by atoms with Crippen molar-refractivity contribution in [2.75, 3.05) is 5.43 Å². The largest absolute Gasteiger partial charge is 0.298 e. The maximum absolute atomic E-state index is 11.7. The first kappa shape index (κ1) is 11.1. The Balaban J connectivity index is 2.00. The fourth-order valence-corrected chi connectivity index (χ4v) is 1.40. The number of para-hydroxylation sites is 1. The first-order valence-corrected chi connectivity index (χ1v) is 5.30. The van der Waals surface area contributed by atoms with Crippen LogP contribution in [0.4, 0.5) is 5.69 Å². The van der Waals surface area contributed by atoms with Crippen LogP contribution in [0.2, 0.25) is 0 Å². The van der Waals surface area contributed by atoms with Crippen LogP contribution < -0.4 is 10.9 Å². The number of anilines is 1. The van der Waals surface area contributed by atoms with Gasteiger partial charge in [-0.15, -0.1) is 0 Å². The highest BCUT2D eigenvalue weighted by molar-refractivity contribution is 5.92. The van der Waals surface area contributed by atoms with E-state index >= 15 is 0 Å². The Kier molecular flexibility index (Phi) is 3.35. The molecule has 0 fully saturated rings. The predicted octanol–water partition coefficient (Wildman–Crippen LogP) is 2.15. The van der Waals surface area contributed by atoms with E-state index in [1.807, 2.05) is 31.2 Å². The summed E-state index contributed by atoms with van der Waals surface area (Å²) in [5.74, 6) is -0.256. The third-order valence-corrected chi connectivity index (χ3v) is 2.35. The Hall–Kier alpha value is -2.36. The summed E-state index contributed by atoms with van der Waals surface area (Å²) in [7, 11) is 0. The van der Waals surface area contributed by atoms with Gasteiger partial charge in [0.25, 0.3) is 5.91 Å². The van der Waals surface area contributed by atoms with Gasteiger partial charge < -0.3 is 0 Å². The molecule has 0 saturated carbocycles. The molecule has 0 bridgehead atoms. The molecule has 1 heterocycles. The normalized spacial score (nSPS) is 9.71. The Morgan fingerprint density at radius 3 is 2.59 bits per heavy atom. The minimum absolute atomic E-state index is 0.256. The van der Waals surface area contributed by atoms with Crippen LogP contribution in [0.1, 0.15) is 16.1 Å². The van der Waals surface area contributed by atoms with Gasteiger partial charge in [-0.25, -0.2) is 0 Å². The van der Waals surface area contributed by atoms with Crippen molar-refractivity contribution in [2.45, 2.75) is 6.92 Å². The van der Waals surface area contributed by atoms with Gasteiger partial charge in [0.05, 0.1) is 5.69 Å². The molecular formula is C13H13N3O. The molecule has 0 saturated heterocycles. The summed E-state index contributed by atoms with van der Waals surface area (Å²) < 4.78 is 0. The Bertz CT molecular complexity index is 511. The molecule has 0 spiro atoms. The summed E-state index contributed by atoms with van der Waals surface area (Å²) in [6.07, 6.45) is 1.59. The van der Waals surface area contributed by atoms with E-state index in [2.05, 4.69) is 15.8 Å². The maximum atomic E-state index is 11.7. The number of hydrogen-bond donors (Lipinski definition) is 2. The number of pyridine rings is 1. The van der Waals surface area contributed by atoms with Crippen LogP contribution >= 0.6 is 0 Å². The molecule has 1 aromatic carbocycles. The van der Waals surface area contributed by atoms with Gasteiger partial charge in [0, 0.05) is 6.20 Å². The van der Waals surface area contributed by atoms with Crippen LogP contribution in [-0.4, -0.2) is 10.9 Å². The third kappa shape index (κ3) is 2.81. The molecule has 4 nitrogen and oxygen atoms in total. The predicted molar refractivity (Wildman–Crippen MR) is 66.5 cm³/mol. The molecule has 0 aliphatic rings. The first-order chi connectivity index (χ1) is 8.27. The monoisotopic (exact) mass is 227 g/mol. The molecule has 1 aromatic heterocycles. The van der Waals surface area contributed by atoms with Gasteiger partial charge >= 0.3 is 0 Å². The molecule has 0 aliphatic carbocycles. The average molecular weight is 227 g/mol. The lowest BCUT2D eigenvalue weighted by Crippen LogP contribution is -2.30. The molecule has 2 N–H and O–H groups in total. The Morgan fingerprint density at radius 2 is 1.88 bits per heavy atom. The van der Waals surface area contributed by atoms with E-state index in [9.17, 15) is 4.79 Å². The number of benzene rings is 1. The average Bonchev–Trinajstić information content (AvgIpc) is 2.38. The fraction of sp³-hybridized carbons (Fsp3) is 0.0769. The van der Waals surface area contributed by atoms with Crippen molar-refractivity contribution in [3.05, 3.63) is 59.9 Å². The second-order valence-corrected chi connectivity index (χ2v) is 3.61. The van der Waals surface area contributed by atoms with Crippen LogP contribution in [0, 0.1) is 6.92 Å². The molecule has 0 atom stereocenters. The van der Waals surface area contributed by atoms with E-state index in [1.165, 1.54) is 0 Å². The van der Waals surface area contributed by atoms with Crippen LogP contribution in [0.25, 0.3) is 0 Å². The van der Waals surface area contributed by atoms with E-state index < -0.39 is 0 Å². The van der Waals surface area contributed by atoms with Crippen LogP contribution in [0.5, 0.6) is 0 Å². The van der Waals surface area contributed by atoms with Crippen molar-refractivity contribution in [3.63, 3.8) is 0 Å². The van der Waals surface area contributed by atoms with E-state index in [0.717, 1.165) is 11.3 Å². The zero-order valence-electron chi connectivity index (χ0n) is 9.47. The highest BCUT2D eigenvalue weighted by Gasteiger charge is 2.05. The van der Waals surface area contributed by atoms with E-state index in [1.54, 1.807) is 24.4 Å². The molecule has 2 rings (SSSR count). The van der Waals surface area contributed by atoms with Crippen LogP contribution in [0.15, 0.2) is 48.7 Å². The first-order valence-electron chi connectivity index (χ1n) is 5.30. The lowest BCUT2D eigenvalue weighted by molar-refractivity contribution is 0.0958. The molecule has 2 aromatic rings. The van der Waals surface area contributed by atoms with Gasteiger partial charge in [0.15, 0.2) is 0 Å². The van der Waals surface area contributed by atoms with Crippen molar-refractivity contribution in [1.82, 2.24) is 10.4 Å². The van der Waals surface area contributed by atoms with Crippen molar-refractivity contribution in [2.24, 2.45) is 0 Å². The number of nitrogens with zero attached hydrogens (tertiary/aromatic N) is 1. The Labute approximate surface area is 99.7 Å². The lowest BCUT2D eigenvalue weighted by atomic mass is 10.2. The van der Waals surface area contributed by atoms with Crippen molar-refractivity contribution in [3.8, 4) is 0 Å². The van der Waals surface area contributed by atoms with Crippen molar-refractivity contribution in [1.29, 1.82) is 0 Å². The highest BCUT2D eigenvalue weighted by atomic mass is 16.2. The molecule has 86 valence electrons. The highest BCUT2D eigenvalue weighted by Crippen LogP contribution is 2.11. The Morgan fingerprint density at radius 1 is 1.12 bits per heavy atom. The zero-order chi connectivity index (χ0) is 12.1. The van der Waals surface area contributed by atoms with Gasteiger partial charge in [-0.3, -0.25) is 20.6 Å². The number of rotatable bonds is 3. The quantitative estimate of drug-likeness (QED) is 0.790. The minimum Gasteiger partial charge on any atom is -0.298 e. The number of hydrazine groups is 1. The summed E-state index contributed by atoms with van der Waals surface area (Å²) in [6, 6.07) is 12.9. The molecule has 17 heavy (non-hydrogen) atoms. The van der Waals surface area contributed by atoms with Gasteiger partial charge in [-0.2, -0.15) is 0 Å². The second-order valence-electron chi connectivity index (χ2n) is 3.61. The second kappa shape index (κ2) is 5.12. The number of aryl methyl sites for hydroxylation is 1. The molecular weight excluding hydrogens is 214 g/mol. The topological polar surface area (TPSA) is 54.0 Å². The standard InChI is InChI=1S/C13H13N3O/c1-10-6-2-3-7-11(10)15-16-13(17)12-8-4-5-9-14-12/h2-9,15H,1H3,(H,16,17). The SMILES string of the molecule is Cc1ccccc1NNC(=O)c1ccccn1. The van der Waals surface area contributed by atoms with Gasteiger partial charge in [0.1, 0.15) is 5.69 Å². The smallest absolute Gasteiger partial charge is 0.288 e. The summed E-state index contributed by atoms with van der Waals surface area (Å²) >= 11 is 0. The summed E-state index contributed by atoms with van der Waals surface area (Å²) in [5.41, 5.74) is 7.79. The van der Waals surface area contributed by atoms with E-state index in [4.69, 9.17) is 0 Å². The number of nitrogens with one attached hydrogen (secondary N) is 2. The zero-order valence-corrected chi connectivity index (χ0v) is 9.47. The summed E-state index contributed by atoms with van der Waals surface area (Å²) in [4.78, 5) is 15.7. The number of carbonyl (C=O) groups excluding carboxylic acids is 1. The van der Waals surface area contributed by atoms with Crippen LogP contribution in [0.3, 0.4) is 0 Å². The molecule has 1 amide bonds. The minimum atomic E-state index is -0.256. The summed E-state index contributed by atoms with van der Waals surface area (Å²) in [5, 5.41) is 0. The maximum Gasteiger partial charge on any atom is 0.288 e. The molecule has 4 heteroatoms. The third-order valence-electron chi connectivity index (χ3n) is 2.35. The van der Waals surface area contributed by atoms with Crippen molar-refractivity contribution < 1.29 is 4.79 Å². The fourth-order valence-electron chi connectivity index (χ4n) is 1.40. The number of carbonyl (C=O) groups is 1. The molecule has 0 aliphatic heterocycles. The number of amides is 1. The number of aromatic nitrogens is 1.